The zero-order chi connectivity index (χ0) is 13.5. The second-order valence-corrected chi connectivity index (χ2v) is 4.78. The average molecular weight is 266 g/mol. The lowest BCUT2D eigenvalue weighted by molar-refractivity contribution is -0.384. The number of thioether (sulfide) groups is 1. The maximum atomic E-state index is 10.9. The Morgan fingerprint density at radius 3 is 3.00 bits per heavy atom. The summed E-state index contributed by atoms with van der Waals surface area (Å²) in [5, 5.41) is 22.7. The molecule has 0 saturated carbocycles. The summed E-state index contributed by atoms with van der Waals surface area (Å²) < 4.78 is 0. The van der Waals surface area contributed by atoms with E-state index < -0.39 is 4.92 Å². The van der Waals surface area contributed by atoms with Gasteiger partial charge in [-0.2, -0.15) is 17.0 Å². The number of hydrogen-bond donors (Lipinski definition) is 1. The molecule has 1 heterocycles. The fraction of sp³-hybridized carbons (Fsp3) is 0.455. The Labute approximate surface area is 110 Å². The number of nitrogens with one attached hydrogen (secondary N) is 1. The lowest BCUT2D eigenvalue weighted by atomic mass is 10.2. The van der Waals surface area contributed by atoms with Gasteiger partial charge >= 0.3 is 5.69 Å². The molecule has 1 aromatic heterocycles. The molecule has 18 heavy (non-hydrogen) atoms. The van der Waals surface area contributed by atoms with Crippen LogP contribution in [0.3, 0.4) is 0 Å². The molecule has 1 rings (SSSR count). The molecule has 1 aromatic rings. The van der Waals surface area contributed by atoms with Crippen LogP contribution in [0.25, 0.3) is 0 Å². The van der Waals surface area contributed by atoms with Crippen LogP contribution in [0.15, 0.2) is 12.3 Å². The molecule has 1 unspecified atom stereocenters. The fourth-order valence-corrected chi connectivity index (χ4v) is 2.16. The maximum Gasteiger partial charge on any atom is 0.328 e. The van der Waals surface area contributed by atoms with Crippen LogP contribution in [0.5, 0.6) is 0 Å². The zero-order valence-corrected chi connectivity index (χ0v) is 11.0. The van der Waals surface area contributed by atoms with E-state index in [4.69, 9.17) is 5.26 Å². The third kappa shape index (κ3) is 3.60. The molecule has 96 valence electrons. The van der Waals surface area contributed by atoms with E-state index in [1.165, 1.54) is 12.3 Å². The van der Waals surface area contributed by atoms with Crippen LogP contribution in [-0.2, 0) is 0 Å². The molecule has 0 aromatic carbocycles. The second-order valence-electron chi connectivity index (χ2n) is 3.87. The number of aromatic nitrogens is 1. The van der Waals surface area contributed by atoms with Gasteiger partial charge in [0.2, 0.25) is 5.82 Å². The third-order valence-electron chi connectivity index (χ3n) is 2.30. The highest BCUT2D eigenvalue weighted by molar-refractivity contribution is 7.98. The Morgan fingerprint density at radius 1 is 1.72 bits per heavy atom. The van der Waals surface area contributed by atoms with Crippen molar-refractivity contribution in [3.8, 4) is 6.07 Å². The summed E-state index contributed by atoms with van der Waals surface area (Å²) in [6.07, 6.45) is 3.40. The maximum absolute atomic E-state index is 10.9. The molecule has 7 heteroatoms. The number of nitrogens with zero attached hydrogens (tertiary/aromatic N) is 3. The minimum Gasteiger partial charge on any atom is -0.364 e. The molecule has 1 atom stereocenters. The first-order chi connectivity index (χ1) is 8.60. The molecular formula is C11H14N4O2S. The predicted octanol–water partition coefficient (Wildman–Crippen LogP) is 2.27. The topological polar surface area (TPSA) is 91.8 Å². The molecule has 1 N–H and O–H groups in total. The van der Waals surface area contributed by atoms with Crippen molar-refractivity contribution in [1.82, 2.24) is 4.98 Å². The Morgan fingerprint density at radius 2 is 2.44 bits per heavy atom. The van der Waals surface area contributed by atoms with Gasteiger partial charge < -0.3 is 5.32 Å². The lowest BCUT2D eigenvalue weighted by Gasteiger charge is -2.11. The quantitative estimate of drug-likeness (QED) is 0.627. The van der Waals surface area contributed by atoms with Gasteiger partial charge in [-0.05, 0) is 24.0 Å². The standard InChI is InChI=1S/C11H14N4O2S/c1-8(7-18-2)6-14-11-10(15(16)17)9(5-12)3-4-13-11/h3-4,8H,6-7H2,1-2H3,(H,13,14). The van der Waals surface area contributed by atoms with Crippen LogP contribution >= 0.6 is 11.8 Å². The summed E-state index contributed by atoms with van der Waals surface area (Å²) in [5.74, 6) is 1.48. The van der Waals surface area contributed by atoms with Crippen molar-refractivity contribution in [2.24, 2.45) is 5.92 Å². The van der Waals surface area contributed by atoms with Crippen LogP contribution in [0.4, 0.5) is 11.5 Å². The largest absolute Gasteiger partial charge is 0.364 e. The van der Waals surface area contributed by atoms with E-state index in [9.17, 15) is 10.1 Å². The summed E-state index contributed by atoms with van der Waals surface area (Å²) in [5.41, 5.74) is -0.230. The molecule has 0 amide bonds. The summed E-state index contributed by atoms with van der Waals surface area (Å²) in [6.45, 7) is 2.63. The number of nitro groups is 1. The predicted molar refractivity (Wildman–Crippen MR) is 71.6 cm³/mol. The first-order valence-corrected chi connectivity index (χ1v) is 6.75. The Hall–Kier alpha value is -1.81. The summed E-state index contributed by atoms with van der Waals surface area (Å²) in [6, 6.07) is 3.15. The fourth-order valence-electron chi connectivity index (χ4n) is 1.47. The van der Waals surface area contributed by atoms with E-state index in [2.05, 4.69) is 10.3 Å². The van der Waals surface area contributed by atoms with Gasteiger partial charge in [-0.3, -0.25) is 10.1 Å². The van der Waals surface area contributed by atoms with E-state index in [1.54, 1.807) is 17.8 Å². The Balaban J connectivity index is 2.89. The van der Waals surface area contributed by atoms with Gasteiger partial charge in [0.1, 0.15) is 11.6 Å². The lowest BCUT2D eigenvalue weighted by Crippen LogP contribution is -2.15. The molecular weight excluding hydrogens is 252 g/mol. The zero-order valence-electron chi connectivity index (χ0n) is 10.2. The normalized spacial score (nSPS) is 11.6. The van der Waals surface area contributed by atoms with Crippen molar-refractivity contribution in [3.05, 3.63) is 27.9 Å². The highest BCUT2D eigenvalue weighted by Crippen LogP contribution is 2.25. The van der Waals surface area contributed by atoms with Gasteiger partial charge in [0, 0.05) is 12.7 Å². The average Bonchev–Trinajstić information content (AvgIpc) is 2.35. The van der Waals surface area contributed by atoms with Crippen molar-refractivity contribution in [2.45, 2.75) is 6.92 Å². The van der Waals surface area contributed by atoms with Crippen molar-refractivity contribution >= 4 is 23.3 Å². The number of anilines is 1. The molecule has 0 bridgehead atoms. The van der Waals surface area contributed by atoms with Crippen molar-refractivity contribution in [1.29, 1.82) is 5.26 Å². The highest BCUT2D eigenvalue weighted by atomic mass is 32.2. The molecule has 0 radical (unpaired) electrons. The van der Waals surface area contributed by atoms with Crippen LogP contribution in [-0.4, -0.2) is 28.5 Å². The molecule has 0 spiro atoms. The van der Waals surface area contributed by atoms with Crippen molar-refractivity contribution < 1.29 is 4.92 Å². The van der Waals surface area contributed by atoms with E-state index in [-0.39, 0.29) is 17.1 Å². The van der Waals surface area contributed by atoms with E-state index in [0.717, 1.165) is 5.75 Å². The van der Waals surface area contributed by atoms with Gasteiger partial charge in [-0.25, -0.2) is 4.98 Å². The van der Waals surface area contributed by atoms with Gasteiger partial charge in [0.05, 0.1) is 4.92 Å². The molecule has 0 fully saturated rings. The Bertz CT molecular complexity index is 473. The first-order valence-electron chi connectivity index (χ1n) is 5.36. The number of nitriles is 1. The minimum atomic E-state index is -0.576. The van der Waals surface area contributed by atoms with Crippen LogP contribution in [0.1, 0.15) is 12.5 Å². The van der Waals surface area contributed by atoms with Crippen LogP contribution in [0, 0.1) is 27.4 Å². The van der Waals surface area contributed by atoms with Crippen LogP contribution < -0.4 is 5.32 Å². The van der Waals surface area contributed by atoms with Crippen LogP contribution in [0.2, 0.25) is 0 Å². The molecule has 0 aliphatic carbocycles. The number of hydrogen-bond acceptors (Lipinski definition) is 6. The smallest absolute Gasteiger partial charge is 0.328 e. The molecule has 0 aliphatic heterocycles. The van der Waals surface area contributed by atoms with E-state index >= 15 is 0 Å². The van der Waals surface area contributed by atoms with E-state index in [1.807, 2.05) is 13.2 Å². The monoisotopic (exact) mass is 266 g/mol. The summed E-state index contributed by atoms with van der Waals surface area (Å²) >= 11 is 1.72. The summed E-state index contributed by atoms with van der Waals surface area (Å²) in [7, 11) is 0. The number of pyridine rings is 1. The van der Waals surface area contributed by atoms with Gasteiger partial charge in [-0.1, -0.05) is 6.92 Å². The molecule has 0 aliphatic rings. The van der Waals surface area contributed by atoms with Gasteiger partial charge in [-0.15, -0.1) is 0 Å². The minimum absolute atomic E-state index is 0.0232. The van der Waals surface area contributed by atoms with Gasteiger partial charge in [0.15, 0.2) is 0 Å². The second kappa shape index (κ2) is 6.81. The molecule has 0 saturated heterocycles. The number of rotatable bonds is 6. The van der Waals surface area contributed by atoms with E-state index in [0.29, 0.717) is 12.5 Å². The molecule has 6 nitrogen and oxygen atoms in total. The van der Waals surface area contributed by atoms with Crippen molar-refractivity contribution in [2.75, 3.05) is 23.9 Å². The highest BCUT2D eigenvalue weighted by Gasteiger charge is 2.21. The SMILES string of the molecule is CSCC(C)CNc1nccc(C#N)c1[N+](=O)[O-]. The first kappa shape index (κ1) is 14.3. The Kier molecular flexibility index (Phi) is 5.39. The van der Waals surface area contributed by atoms with Crippen molar-refractivity contribution in [3.63, 3.8) is 0 Å². The van der Waals surface area contributed by atoms with Gasteiger partial charge in [0.25, 0.3) is 0 Å². The summed E-state index contributed by atoms with van der Waals surface area (Å²) in [4.78, 5) is 14.3. The third-order valence-corrected chi connectivity index (χ3v) is 3.20.